The predicted molar refractivity (Wildman–Crippen MR) is 75.6 cm³/mol. The Morgan fingerprint density at radius 1 is 1.45 bits per heavy atom. The fourth-order valence-corrected chi connectivity index (χ4v) is 1.67. The molecule has 2 atom stereocenters. The Bertz CT molecular complexity index is 508. The molecule has 0 aromatic heterocycles. The molecule has 0 aliphatic rings. The molecule has 0 bridgehead atoms. The smallest absolute Gasteiger partial charge is 0.382 e. The second-order valence-corrected chi connectivity index (χ2v) is 4.87. The lowest BCUT2D eigenvalue weighted by Gasteiger charge is -2.23. The minimum atomic E-state index is -4.76. The van der Waals surface area contributed by atoms with Gasteiger partial charge in [0, 0.05) is 19.8 Å². The van der Waals surface area contributed by atoms with Gasteiger partial charge in [0.05, 0.1) is 12.6 Å². The number of rotatable bonds is 5. The zero-order chi connectivity index (χ0) is 16.9. The van der Waals surface area contributed by atoms with Crippen molar-refractivity contribution in [3.63, 3.8) is 0 Å². The number of hydrogen-bond donors (Lipinski definition) is 2. The number of anilines is 1. The second-order valence-electron chi connectivity index (χ2n) is 4.87. The molecular weight excluding hydrogens is 301 g/mol. The van der Waals surface area contributed by atoms with Crippen LogP contribution in [-0.2, 0) is 4.74 Å². The van der Waals surface area contributed by atoms with E-state index in [0.717, 1.165) is 10.5 Å². The minimum Gasteiger partial charge on any atom is -0.382 e. The molecule has 0 aliphatic carbocycles. The van der Waals surface area contributed by atoms with Crippen LogP contribution in [0.4, 0.5) is 23.7 Å². The number of ether oxygens (including phenoxy) is 1. The highest BCUT2D eigenvalue weighted by molar-refractivity contribution is 5.89. The van der Waals surface area contributed by atoms with Crippen LogP contribution >= 0.6 is 0 Å². The van der Waals surface area contributed by atoms with Crippen LogP contribution in [-0.4, -0.2) is 49.0 Å². The Hall–Kier alpha value is -1.80. The fraction of sp³-hybridized carbons (Fsp3) is 0.500. The first-order valence-corrected chi connectivity index (χ1v) is 6.54. The predicted octanol–water partition coefficient (Wildman–Crippen LogP) is 2.78. The van der Waals surface area contributed by atoms with Gasteiger partial charge in [-0.05, 0) is 24.6 Å². The number of methoxy groups -OCH3 is 1. The van der Waals surface area contributed by atoms with Gasteiger partial charge in [0.25, 0.3) is 0 Å². The van der Waals surface area contributed by atoms with E-state index >= 15 is 0 Å². The Morgan fingerprint density at radius 3 is 2.64 bits per heavy atom. The maximum atomic E-state index is 12.3. The molecule has 22 heavy (non-hydrogen) atoms. The van der Waals surface area contributed by atoms with E-state index in [-0.39, 0.29) is 6.10 Å². The van der Waals surface area contributed by atoms with E-state index in [1.165, 1.54) is 7.05 Å². The first-order valence-electron chi connectivity index (χ1n) is 6.54. The van der Waals surface area contributed by atoms with E-state index in [2.05, 4.69) is 5.32 Å². The summed E-state index contributed by atoms with van der Waals surface area (Å²) in [4.78, 5) is 12.6. The Balaban J connectivity index is 2.68. The lowest BCUT2D eigenvalue weighted by atomic mass is 10.1. The summed E-state index contributed by atoms with van der Waals surface area (Å²) >= 11 is 0. The van der Waals surface area contributed by atoms with Crippen LogP contribution in [0, 0.1) is 0 Å². The largest absolute Gasteiger partial charge is 0.416 e. The lowest BCUT2D eigenvalue weighted by Crippen LogP contribution is -2.43. The SMILES string of the molecule is CO[C@@H](C)c1cccc(NC(=O)N(C)C[C@@H](O)C(F)(F)F)c1. The summed E-state index contributed by atoms with van der Waals surface area (Å²) in [6.07, 6.45) is -7.52. The van der Waals surface area contributed by atoms with Gasteiger partial charge in [0.2, 0.25) is 0 Å². The summed E-state index contributed by atoms with van der Waals surface area (Å²) in [6.45, 7) is 0.982. The van der Waals surface area contributed by atoms with Crippen molar-refractivity contribution in [3.05, 3.63) is 29.8 Å². The van der Waals surface area contributed by atoms with Crippen molar-refractivity contribution in [1.29, 1.82) is 0 Å². The highest BCUT2D eigenvalue weighted by Gasteiger charge is 2.39. The Kier molecular flexibility index (Phi) is 6.19. The number of nitrogens with one attached hydrogen (secondary N) is 1. The van der Waals surface area contributed by atoms with Gasteiger partial charge in [-0.1, -0.05) is 12.1 Å². The number of carbonyl (C=O) groups excluding carboxylic acids is 1. The third-order valence-corrected chi connectivity index (χ3v) is 3.13. The standard InChI is InChI=1S/C14H19F3N2O3/c1-9(22-3)10-5-4-6-11(7-10)18-13(21)19(2)8-12(20)14(15,16)17/h4-7,9,12,20H,8H2,1-3H3,(H,18,21)/t9-,12+/m0/s1. The van der Waals surface area contributed by atoms with E-state index in [1.807, 2.05) is 6.92 Å². The Labute approximate surface area is 126 Å². The molecule has 1 aromatic rings. The molecule has 0 unspecified atom stereocenters. The number of aliphatic hydroxyl groups excluding tert-OH is 1. The third kappa shape index (κ3) is 5.19. The molecular formula is C14H19F3N2O3. The molecule has 2 N–H and O–H groups in total. The van der Waals surface area contributed by atoms with Crippen molar-refractivity contribution in [2.24, 2.45) is 0 Å². The number of likely N-dealkylation sites (N-methyl/N-ethyl adjacent to an activating group) is 1. The zero-order valence-corrected chi connectivity index (χ0v) is 12.5. The summed E-state index contributed by atoms with van der Waals surface area (Å²) in [5.41, 5.74) is 1.25. The normalized spacial score (nSPS) is 14.3. The van der Waals surface area contributed by atoms with Gasteiger partial charge < -0.3 is 20.1 Å². The summed E-state index contributed by atoms with van der Waals surface area (Å²) in [6, 6.07) is 6.04. The number of nitrogens with zero attached hydrogens (tertiary/aromatic N) is 1. The number of urea groups is 1. The number of aliphatic hydroxyl groups is 1. The van der Waals surface area contributed by atoms with Gasteiger partial charge in [0.15, 0.2) is 6.10 Å². The van der Waals surface area contributed by atoms with Crippen LogP contribution in [0.25, 0.3) is 0 Å². The average Bonchev–Trinajstić information content (AvgIpc) is 2.45. The van der Waals surface area contributed by atoms with Gasteiger partial charge >= 0.3 is 12.2 Å². The van der Waals surface area contributed by atoms with Gasteiger partial charge in [-0.25, -0.2) is 4.79 Å². The van der Waals surface area contributed by atoms with E-state index in [1.54, 1.807) is 31.4 Å². The van der Waals surface area contributed by atoms with Crippen LogP contribution in [0.5, 0.6) is 0 Å². The van der Waals surface area contributed by atoms with Gasteiger partial charge in [0.1, 0.15) is 0 Å². The van der Waals surface area contributed by atoms with Crippen LogP contribution in [0.3, 0.4) is 0 Å². The highest BCUT2D eigenvalue weighted by Crippen LogP contribution is 2.22. The van der Waals surface area contributed by atoms with E-state index in [9.17, 15) is 18.0 Å². The molecule has 8 heteroatoms. The fourth-order valence-electron chi connectivity index (χ4n) is 1.67. The number of carbonyl (C=O) groups is 1. The number of alkyl halides is 3. The summed E-state index contributed by atoms with van der Waals surface area (Å²) < 4.78 is 41.9. The van der Waals surface area contributed by atoms with Crippen LogP contribution < -0.4 is 5.32 Å². The van der Waals surface area contributed by atoms with Crippen molar-refractivity contribution in [1.82, 2.24) is 4.90 Å². The molecule has 1 rings (SSSR count). The van der Waals surface area contributed by atoms with E-state index in [4.69, 9.17) is 9.84 Å². The van der Waals surface area contributed by atoms with Crippen LogP contribution in [0.2, 0.25) is 0 Å². The molecule has 0 saturated heterocycles. The summed E-state index contributed by atoms with van der Waals surface area (Å²) in [5.74, 6) is 0. The van der Waals surface area contributed by atoms with E-state index in [0.29, 0.717) is 5.69 Å². The van der Waals surface area contributed by atoms with Crippen LogP contribution in [0.1, 0.15) is 18.6 Å². The Morgan fingerprint density at radius 2 is 2.09 bits per heavy atom. The maximum absolute atomic E-state index is 12.3. The number of halogens is 3. The summed E-state index contributed by atoms with van der Waals surface area (Å²) in [7, 11) is 2.72. The van der Waals surface area contributed by atoms with Gasteiger partial charge in [-0.3, -0.25) is 0 Å². The first-order chi connectivity index (χ1) is 10.1. The molecule has 1 aromatic carbocycles. The third-order valence-electron chi connectivity index (χ3n) is 3.13. The van der Waals surface area contributed by atoms with Crippen molar-refractivity contribution < 1.29 is 27.8 Å². The van der Waals surface area contributed by atoms with Crippen LogP contribution in [0.15, 0.2) is 24.3 Å². The first kappa shape index (κ1) is 18.2. The number of hydrogen-bond acceptors (Lipinski definition) is 3. The van der Waals surface area contributed by atoms with Crippen molar-refractivity contribution in [2.45, 2.75) is 25.3 Å². The molecule has 124 valence electrons. The average molecular weight is 320 g/mol. The molecule has 0 spiro atoms. The maximum Gasteiger partial charge on any atom is 0.416 e. The topological polar surface area (TPSA) is 61.8 Å². The number of amides is 2. The van der Waals surface area contributed by atoms with Crippen molar-refractivity contribution in [3.8, 4) is 0 Å². The molecule has 0 aliphatic heterocycles. The quantitative estimate of drug-likeness (QED) is 0.877. The second kappa shape index (κ2) is 7.46. The molecule has 0 saturated carbocycles. The molecule has 2 amide bonds. The minimum absolute atomic E-state index is 0.179. The summed E-state index contributed by atoms with van der Waals surface area (Å²) in [5, 5.41) is 11.4. The highest BCUT2D eigenvalue weighted by atomic mass is 19.4. The van der Waals surface area contributed by atoms with Gasteiger partial charge in [-0.15, -0.1) is 0 Å². The monoisotopic (exact) mass is 320 g/mol. The van der Waals surface area contributed by atoms with Crippen molar-refractivity contribution in [2.75, 3.05) is 26.0 Å². The molecule has 5 nitrogen and oxygen atoms in total. The van der Waals surface area contributed by atoms with Crippen molar-refractivity contribution >= 4 is 11.7 Å². The molecule has 0 heterocycles. The number of benzene rings is 1. The molecule has 0 fully saturated rings. The molecule has 0 radical (unpaired) electrons. The van der Waals surface area contributed by atoms with Gasteiger partial charge in [-0.2, -0.15) is 13.2 Å². The lowest BCUT2D eigenvalue weighted by molar-refractivity contribution is -0.205. The zero-order valence-electron chi connectivity index (χ0n) is 12.5. The van der Waals surface area contributed by atoms with E-state index < -0.39 is 24.9 Å².